The molecule has 1 aromatic rings. The van der Waals surface area contributed by atoms with Crippen LogP contribution in [0.2, 0.25) is 0 Å². The lowest BCUT2D eigenvalue weighted by Gasteiger charge is -2.12. The Balaban J connectivity index is 1.85. The average Bonchev–Trinajstić information content (AvgIpc) is 2.80. The number of nitrogens with one attached hydrogen (secondary N) is 1. The van der Waals surface area contributed by atoms with Crippen molar-refractivity contribution in [3.63, 3.8) is 0 Å². The standard InChI is InChI=1S/C11H13NO2S2/c13-9-3-1-8(2-4-9)11(15)14-7-10-12-5-6-16-10/h1-4,10,12-13H,5-7H2. The van der Waals surface area contributed by atoms with E-state index in [4.69, 9.17) is 22.1 Å². The molecule has 1 atom stereocenters. The highest BCUT2D eigenvalue weighted by atomic mass is 32.2. The van der Waals surface area contributed by atoms with E-state index in [2.05, 4.69) is 5.32 Å². The number of hydrogen-bond acceptors (Lipinski definition) is 5. The first-order valence-corrected chi connectivity index (χ1v) is 6.52. The first-order valence-electron chi connectivity index (χ1n) is 5.07. The van der Waals surface area contributed by atoms with Crippen molar-refractivity contribution >= 4 is 29.0 Å². The maximum Gasteiger partial charge on any atom is 0.191 e. The van der Waals surface area contributed by atoms with E-state index in [1.807, 2.05) is 11.8 Å². The molecule has 0 bridgehead atoms. The maximum absolute atomic E-state index is 9.14. The number of aromatic hydroxyl groups is 1. The highest BCUT2D eigenvalue weighted by Crippen LogP contribution is 2.15. The van der Waals surface area contributed by atoms with E-state index < -0.39 is 0 Å². The second kappa shape index (κ2) is 5.52. The van der Waals surface area contributed by atoms with E-state index >= 15 is 0 Å². The molecule has 1 aliphatic rings. The molecule has 1 aromatic carbocycles. The van der Waals surface area contributed by atoms with E-state index in [0.717, 1.165) is 17.9 Å². The van der Waals surface area contributed by atoms with Crippen LogP contribution >= 0.6 is 24.0 Å². The highest BCUT2D eigenvalue weighted by molar-refractivity contribution is 8.00. The minimum absolute atomic E-state index is 0.236. The van der Waals surface area contributed by atoms with Crippen LogP contribution in [0.25, 0.3) is 0 Å². The first kappa shape index (κ1) is 11.7. The minimum Gasteiger partial charge on any atom is -0.508 e. The molecule has 1 fully saturated rings. The number of phenols is 1. The van der Waals surface area contributed by atoms with Crippen molar-refractivity contribution in [3.05, 3.63) is 29.8 Å². The van der Waals surface area contributed by atoms with Gasteiger partial charge in [-0.2, -0.15) is 0 Å². The lowest BCUT2D eigenvalue weighted by molar-refractivity contribution is 0.303. The Labute approximate surface area is 104 Å². The van der Waals surface area contributed by atoms with Crippen molar-refractivity contribution in [2.24, 2.45) is 0 Å². The molecule has 3 nitrogen and oxygen atoms in total. The molecule has 0 spiro atoms. The summed E-state index contributed by atoms with van der Waals surface area (Å²) in [4.78, 5) is 0. The molecular formula is C11H13NO2S2. The van der Waals surface area contributed by atoms with Gasteiger partial charge in [-0.1, -0.05) is 0 Å². The van der Waals surface area contributed by atoms with Gasteiger partial charge in [-0.15, -0.1) is 11.8 Å². The molecule has 1 aliphatic heterocycles. The molecule has 86 valence electrons. The van der Waals surface area contributed by atoms with Gasteiger partial charge in [0.05, 0.1) is 5.37 Å². The molecule has 1 unspecified atom stereocenters. The van der Waals surface area contributed by atoms with E-state index in [0.29, 0.717) is 17.0 Å². The molecule has 1 saturated heterocycles. The summed E-state index contributed by atoms with van der Waals surface area (Å²) in [6.45, 7) is 1.62. The minimum atomic E-state index is 0.236. The van der Waals surface area contributed by atoms with Gasteiger partial charge in [0.1, 0.15) is 12.4 Å². The van der Waals surface area contributed by atoms with E-state index in [9.17, 15) is 0 Å². The third-order valence-corrected chi connectivity index (χ3v) is 3.76. The Morgan fingerprint density at radius 2 is 2.25 bits per heavy atom. The second-order valence-electron chi connectivity index (χ2n) is 3.46. The van der Waals surface area contributed by atoms with E-state index in [1.54, 1.807) is 24.3 Å². The summed E-state index contributed by atoms with van der Waals surface area (Å²) in [6.07, 6.45) is 0. The van der Waals surface area contributed by atoms with Gasteiger partial charge in [-0.05, 0) is 36.5 Å². The molecule has 2 N–H and O–H groups in total. The van der Waals surface area contributed by atoms with Crippen molar-refractivity contribution in [1.29, 1.82) is 0 Å². The van der Waals surface area contributed by atoms with Crippen molar-refractivity contribution in [2.75, 3.05) is 18.9 Å². The van der Waals surface area contributed by atoms with Crippen LogP contribution in [0, 0.1) is 0 Å². The zero-order chi connectivity index (χ0) is 11.4. The smallest absolute Gasteiger partial charge is 0.191 e. The number of ether oxygens (including phenoxy) is 1. The maximum atomic E-state index is 9.14. The summed E-state index contributed by atoms with van der Waals surface area (Å²) < 4.78 is 5.52. The molecule has 2 rings (SSSR count). The van der Waals surface area contributed by atoms with Gasteiger partial charge in [0.2, 0.25) is 0 Å². The fourth-order valence-corrected chi connectivity index (χ4v) is 2.54. The SMILES string of the molecule is Oc1ccc(C(=S)OCC2NCCS2)cc1. The molecule has 1 heterocycles. The third-order valence-electron chi connectivity index (χ3n) is 2.26. The Morgan fingerprint density at radius 1 is 1.50 bits per heavy atom. The predicted molar refractivity (Wildman–Crippen MR) is 70.0 cm³/mol. The first-order chi connectivity index (χ1) is 7.75. The molecule has 16 heavy (non-hydrogen) atoms. The van der Waals surface area contributed by atoms with Crippen LogP contribution in [-0.2, 0) is 4.74 Å². The van der Waals surface area contributed by atoms with Crippen molar-refractivity contribution in [3.8, 4) is 5.75 Å². The van der Waals surface area contributed by atoms with Gasteiger partial charge in [-0.3, -0.25) is 0 Å². The molecular weight excluding hydrogens is 242 g/mol. The van der Waals surface area contributed by atoms with Gasteiger partial charge in [0.25, 0.3) is 0 Å². The number of thioether (sulfide) groups is 1. The zero-order valence-electron chi connectivity index (χ0n) is 8.68. The van der Waals surface area contributed by atoms with Gasteiger partial charge in [0, 0.05) is 17.9 Å². The fourth-order valence-electron chi connectivity index (χ4n) is 1.42. The summed E-state index contributed by atoms with van der Waals surface area (Å²) in [5, 5.41) is 13.3. The monoisotopic (exact) mass is 255 g/mol. The zero-order valence-corrected chi connectivity index (χ0v) is 10.3. The van der Waals surface area contributed by atoms with E-state index in [1.165, 1.54) is 0 Å². The molecule has 5 heteroatoms. The lowest BCUT2D eigenvalue weighted by Crippen LogP contribution is -2.26. The summed E-state index contributed by atoms with van der Waals surface area (Å²) in [5.41, 5.74) is 0.829. The largest absolute Gasteiger partial charge is 0.508 e. The van der Waals surface area contributed by atoms with Crippen LogP contribution in [0.5, 0.6) is 5.75 Å². The van der Waals surface area contributed by atoms with Gasteiger partial charge < -0.3 is 15.2 Å². The quantitative estimate of drug-likeness (QED) is 0.805. The lowest BCUT2D eigenvalue weighted by atomic mass is 10.2. The Bertz CT molecular complexity index is 361. The fraction of sp³-hybridized carbons (Fsp3) is 0.364. The summed E-state index contributed by atoms with van der Waals surface area (Å²) in [5.74, 6) is 1.36. The van der Waals surface area contributed by atoms with Crippen LogP contribution < -0.4 is 5.32 Å². The highest BCUT2D eigenvalue weighted by Gasteiger charge is 2.15. The molecule has 0 amide bonds. The van der Waals surface area contributed by atoms with Gasteiger partial charge in [-0.25, -0.2) is 0 Å². The average molecular weight is 255 g/mol. The van der Waals surface area contributed by atoms with Crippen LogP contribution in [0.3, 0.4) is 0 Å². The predicted octanol–water partition coefficient (Wildman–Crippen LogP) is 1.75. The number of thiocarbonyl (C=S) groups is 1. The van der Waals surface area contributed by atoms with E-state index in [-0.39, 0.29) is 5.75 Å². The van der Waals surface area contributed by atoms with Crippen molar-refractivity contribution in [2.45, 2.75) is 5.37 Å². The molecule has 0 saturated carbocycles. The van der Waals surface area contributed by atoms with Crippen LogP contribution in [0.15, 0.2) is 24.3 Å². The summed E-state index contributed by atoms with van der Waals surface area (Å²) in [7, 11) is 0. The molecule has 0 radical (unpaired) electrons. The van der Waals surface area contributed by atoms with Crippen molar-refractivity contribution < 1.29 is 9.84 Å². The normalized spacial score (nSPS) is 19.6. The Kier molecular flexibility index (Phi) is 4.04. The number of benzene rings is 1. The second-order valence-corrected chi connectivity index (χ2v) is 5.14. The third kappa shape index (κ3) is 3.10. The van der Waals surface area contributed by atoms with Gasteiger partial charge in [0.15, 0.2) is 5.05 Å². The number of rotatable bonds is 3. The molecule has 0 aliphatic carbocycles. The van der Waals surface area contributed by atoms with Crippen molar-refractivity contribution in [1.82, 2.24) is 5.32 Å². The summed E-state index contributed by atoms with van der Waals surface area (Å²) >= 11 is 7.00. The Morgan fingerprint density at radius 3 is 2.88 bits per heavy atom. The summed E-state index contributed by atoms with van der Waals surface area (Å²) in [6, 6.07) is 6.72. The van der Waals surface area contributed by atoms with Crippen LogP contribution in [0.4, 0.5) is 0 Å². The van der Waals surface area contributed by atoms with Gasteiger partial charge >= 0.3 is 0 Å². The Hall–Kier alpha value is -0.780. The number of phenolic OH excluding ortho intramolecular Hbond substituents is 1. The molecule has 0 aromatic heterocycles. The topological polar surface area (TPSA) is 41.5 Å². The van der Waals surface area contributed by atoms with Crippen LogP contribution in [-0.4, -0.2) is 34.4 Å². The number of hydrogen-bond donors (Lipinski definition) is 2. The van der Waals surface area contributed by atoms with Crippen LogP contribution in [0.1, 0.15) is 5.56 Å².